The summed E-state index contributed by atoms with van der Waals surface area (Å²) in [7, 11) is 1.58. The van der Waals surface area contributed by atoms with Gasteiger partial charge in [-0.1, -0.05) is 12.1 Å². The van der Waals surface area contributed by atoms with Crippen LogP contribution in [0, 0.1) is 0 Å². The van der Waals surface area contributed by atoms with Crippen molar-refractivity contribution in [3.8, 4) is 0 Å². The Morgan fingerprint density at radius 2 is 2.00 bits per heavy atom. The van der Waals surface area contributed by atoms with E-state index in [1.54, 1.807) is 11.8 Å². The minimum Gasteiger partial charge on any atom is -0.415 e. The second-order valence-corrected chi connectivity index (χ2v) is 2.80. The number of aromatic nitrogens is 2. The molecule has 2 N–H and O–H groups in total. The van der Waals surface area contributed by atoms with Crippen LogP contribution in [0.4, 0.5) is 0 Å². The number of rotatable bonds is 3. The third-order valence-electron chi connectivity index (χ3n) is 1.98. The summed E-state index contributed by atoms with van der Waals surface area (Å²) in [6.07, 6.45) is 0. The average molecular weight is 266 g/mol. The topological polar surface area (TPSA) is 62.3 Å². The first-order valence-electron chi connectivity index (χ1n) is 4.19. The number of hydrogen-bond acceptors (Lipinski definition) is 4. The molecule has 0 unspecified atom stereocenters. The third kappa shape index (κ3) is 2.56. The van der Waals surface area contributed by atoms with Crippen LogP contribution in [0.5, 0.6) is 0 Å². The van der Waals surface area contributed by atoms with E-state index in [0.717, 1.165) is 11.0 Å². The molecule has 0 spiro atoms. The van der Waals surface area contributed by atoms with Gasteiger partial charge in [0.25, 0.3) is 0 Å². The molecule has 0 radical (unpaired) electrons. The van der Waals surface area contributed by atoms with Crippen molar-refractivity contribution in [1.82, 2.24) is 9.71 Å². The molecule has 2 aromatic rings. The van der Waals surface area contributed by atoms with Gasteiger partial charge < -0.3 is 4.84 Å². The zero-order chi connectivity index (χ0) is 9.97. The van der Waals surface area contributed by atoms with E-state index in [0.29, 0.717) is 5.82 Å². The van der Waals surface area contributed by atoms with Crippen molar-refractivity contribution in [3.63, 3.8) is 0 Å². The van der Waals surface area contributed by atoms with E-state index in [1.807, 2.05) is 24.3 Å². The summed E-state index contributed by atoms with van der Waals surface area (Å²) < 4.78 is 1.60. The Bertz CT molecular complexity index is 447. The first kappa shape index (κ1) is 15.0. The van der Waals surface area contributed by atoms with Crippen molar-refractivity contribution in [2.24, 2.45) is 5.90 Å². The minimum atomic E-state index is 0. The monoisotopic (exact) mass is 265 g/mol. The molecule has 0 saturated carbocycles. The number of imidazole rings is 1. The van der Waals surface area contributed by atoms with Crippen molar-refractivity contribution in [1.29, 1.82) is 0 Å². The molecule has 1 aromatic carbocycles. The van der Waals surface area contributed by atoms with E-state index < -0.39 is 0 Å². The standard InChI is InChI=1S/C9H11N3O2.2ClH/c1-13-12-8-5-3-2-4-7(8)11-9(12)6-14-10;;/h2-5H,6,10H2,1H3;2*1H. The number of nitrogens with zero attached hydrogens (tertiary/aromatic N) is 2. The minimum absolute atomic E-state index is 0. The Hall–Kier alpha value is -1.01. The number of benzene rings is 1. The Balaban J connectivity index is 0.00000112. The van der Waals surface area contributed by atoms with Gasteiger partial charge in [-0.2, -0.15) is 4.73 Å². The van der Waals surface area contributed by atoms with Crippen LogP contribution < -0.4 is 10.7 Å². The molecular weight excluding hydrogens is 253 g/mol. The van der Waals surface area contributed by atoms with Gasteiger partial charge in [-0.15, -0.1) is 24.8 Å². The molecule has 90 valence electrons. The lowest BCUT2D eigenvalue weighted by Gasteiger charge is -2.04. The third-order valence-corrected chi connectivity index (χ3v) is 1.98. The highest BCUT2D eigenvalue weighted by molar-refractivity contribution is 5.85. The Morgan fingerprint density at radius 3 is 2.62 bits per heavy atom. The van der Waals surface area contributed by atoms with E-state index in [-0.39, 0.29) is 31.4 Å². The maximum absolute atomic E-state index is 5.17. The SMILES string of the molecule is COn1c(CON)nc2ccccc21.Cl.Cl. The highest BCUT2D eigenvalue weighted by Crippen LogP contribution is 2.14. The molecule has 1 heterocycles. The number of halogens is 2. The van der Waals surface area contributed by atoms with Crippen LogP contribution in [-0.2, 0) is 11.4 Å². The Morgan fingerprint density at radius 1 is 1.31 bits per heavy atom. The molecule has 7 heteroatoms. The molecule has 0 fully saturated rings. The molecule has 0 aliphatic carbocycles. The van der Waals surface area contributed by atoms with Gasteiger partial charge in [0.1, 0.15) is 19.2 Å². The fourth-order valence-corrected chi connectivity index (χ4v) is 1.42. The van der Waals surface area contributed by atoms with Crippen LogP contribution in [-0.4, -0.2) is 16.8 Å². The Labute approximate surface area is 105 Å². The lowest BCUT2D eigenvalue weighted by Crippen LogP contribution is -2.12. The second-order valence-electron chi connectivity index (χ2n) is 2.80. The maximum atomic E-state index is 5.17. The van der Waals surface area contributed by atoms with Gasteiger partial charge in [0.15, 0.2) is 5.82 Å². The molecule has 0 bridgehead atoms. The highest BCUT2D eigenvalue weighted by Gasteiger charge is 2.09. The molecular formula is C9H13Cl2N3O2. The molecule has 16 heavy (non-hydrogen) atoms. The van der Waals surface area contributed by atoms with Gasteiger partial charge >= 0.3 is 0 Å². The van der Waals surface area contributed by atoms with Gasteiger partial charge in [-0.3, -0.25) is 4.84 Å². The van der Waals surface area contributed by atoms with Crippen LogP contribution in [0.3, 0.4) is 0 Å². The lowest BCUT2D eigenvalue weighted by atomic mass is 10.3. The van der Waals surface area contributed by atoms with E-state index in [4.69, 9.17) is 10.7 Å². The van der Waals surface area contributed by atoms with E-state index in [2.05, 4.69) is 9.82 Å². The maximum Gasteiger partial charge on any atom is 0.174 e. The molecule has 0 atom stereocenters. The molecule has 0 saturated heterocycles. The lowest BCUT2D eigenvalue weighted by molar-refractivity contribution is 0.0905. The van der Waals surface area contributed by atoms with Gasteiger partial charge in [-0.05, 0) is 12.1 Å². The number of nitrogens with two attached hydrogens (primary N) is 1. The van der Waals surface area contributed by atoms with Crippen LogP contribution in [0.2, 0.25) is 0 Å². The zero-order valence-corrected chi connectivity index (χ0v) is 10.3. The van der Waals surface area contributed by atoms with Gasteiger partial charge in [0.2, 0.25) is 0 Å². The predicted molar refractivity (Wildman–Crippen MR) is 65.7 cm³/mol. The normalized spacial score (nSPS) is 9.38. The molecule has 0 aliphatic heterocycles. The van der Waals surface area contributed by atoms with Crippen LogP contribution in [0.1, 0.15) is 5.82 Å². The molecule has 5 nitrogen and oxygen atoms in total. The van der Waals surface area contributed by atoms with Crippen LogP contribution in [0.15, 0.2) is 24.3 Å². The fraction of sp³-hybridized carbons (Fsp3) is 0.222. The summed E-state index contributed by atoms with van der Waals surface area (Å²) in [5, 5.41) is 0. The van der Waals surface area contributed by atoms with Crippen molar-refractivity contribution in [2.45, 2.75) is 6.61 Å². The average Bonchev–Trinajstić information content (AvgIpc) is 2.55. The summed E-state index contributed by atoms with van der Waals surface area (Å²) in [4.78, 5) is 14.0. The van der Waals surface area contributed by atoms with Gasteiger partial charge in [0.05, 0.1) is 5.52 Å². The van der Waals surface area contributed by atoms with Crippen molar-refractivity contribution >= 4 is 35.8 Å². The number of para-hydroxylation sites is 2. The van der Waals surface area contributed by atoms with Crippen LogP contribution >= 0.6 is 24.8 Å². The van der Waals surface area contributed by atoms with E-state index >= 15 is 0 Å². The quantitative estimate of drug-likeness (QED) is 0.851. The number of fused-ring (bicyclic) bond motifs is 1. The van der Waals surface area contributed by atoms with Crippen molar-refractivity contribution in [2.75, 3.05) is 7.11 Å². The van der Waals surface area contributed by atoms with E-state index in [9.17, 15) is 0 Å². The second kappa shape index (κ2) is 6.55. The smallest absolute Gasteiger partial charge is 0.174 e. The highest BCUT2D eigenvalue weighted by atomic mass is 35.5. The first-order chi connectivity index (χ1) is 6.86. The van der Waals surface area contributed by atoms with Crippen molar-refractivity contribution < 1.29 is 9.68 Å². The largest absolute Gasteiger partial charge is 0.415 e. The molecule has 0 aliphatic rings. The molecule has 2 rings (SSSR count). The van der Waals surface area contributed by atoms with Gasteiger partial charge in [-0.25, -0.2) is 10.9 Å². The summed E-state index contributed by atoms with van der Waals surface area (Å²) >= 11 is 0. The summed E-state index contributed by atoms with van der Waals surface area (Å²) in [5.74, 6) is 5.65. The van der Waals surface area contributed by atoms with E-state index in [1.165, 1.54) is 0 Å². The molecule has 1 aromatic heterocycles. The summed E-state index contributed by atoms with van der Waals surface area (Å²) in [5.41, 5.74) is 1.77. The van der Waals surface area contributed by atoms with Crippen molar-refractivity contribution in [3.05, 3.63) is 30.1 Å². The predicted octanol–water partition coefficient (Wildman–Crippen LogP) is 1.33. The van der Waals surface area contributed by atoms with Gasteiger partial charge in [0, 0.05) is 0 Å². The summed E-state index contributed by atoms with van der Waals surface area (Å²) in [6, 6.07) is 7.67. The molecule has 0 amide bonds. The summed E-state index contributed by atoms with van der Waals surface area (Å²) in [6.45, 7) is 0.225. The number of hydrogen-bond donors (Lipinski definition) is 1. The Kier molecular flexibility index (Phi) is 6.13. The first-order valence-corrected chi connectivity index (χ1v) is 4.19. The fourth-order valence-electron chi connectivity index (χ4n) is 1.42. The zero-order valence-electron chi connectivity index (χ0n) is 8.62. The van der Waals surface area contributed by atoms with Crippen LogP contribution in [0.25, 0.3) is 11.0 Å².